The van der Waals surface area contributed by atoms with Gasteiger partial charge in [-0.2, -0.15) is 45.3 Å². The molecule has 20 heteroatoms. The number of aromatic nitrogens is 8. The summed E-state index contributed by atoms with van der Waals surface area (Å²) in [6.07, 6.45) is 13.4. The van der Waals surface area contributed by atoms with Gasteiger partial charge in [0.05, 0.1) is 24.2 Å². The molecule has 8 nitrogen and oxygen atoms in total. The van der Waals surface area contributed by atoms with Crippen molar-refractivity contribution in [2.75, 3.05) is 0 Å². The van der Waals surface area contributed by atoms with Gasteiger partial charge < -0.3 is 39.9 Å². The van der Waals surface area contributed by atoms with Gasteiger partial charge in [-0.1, -0.05) is 265 Å². The Morgan fingerprint density at radius 3 is 0.946 bits per heavy atom. The molecule has 0 spiro atoms. The predicted octanol–water partition coefficient (Wildman–Crippen LogP) is 33.3. The van der Waals surface area contributed by atoms with Gasteiger partial charge in [-0.25, -0.2) is 0 Å². The van der Waals surface area contributed by atoms with Crippen LogP contribution in [0.25, 0.3) is 171 Å². The van der Waals surface area contributed by atoms with Crippen molar-refractivity contribution in [2.45, 2.75) is 106 Å². The fourth-order valence-corrected chi connectivity index (χ4v) is 27.2. The topological polar surface area (TPSA) is 103 Å². The Hall–Kier alpha value is -11.8. The first-order chi connectivity index (χ1) is 74.5. The second-order valence-corrected chi connectivity index (χ2v) is 62.7. The van der Waals surface area contributed by atoms with E-state index in [9.17, 15) is 0 Å². The summed E-state index contributed by atoms with van der Waals surface area (Å²) in [6.45, 7) is 20.5. The minimum absolute atomic E-state index is 0. The third kappa shape index (κ3) is 28.3. The molecule has 12 aromatic heterocycles. The molecule has 0 saturated carbocycles. The summed E-state index contributed by atoms with van der Waals surface area (Å²) in [7, 11) is -5.44. The van der Waals surface area contributed by atoms with E-state index < -0.39 is 59.7 Å². The van der Waals surface area contributed by atoms with E-state index in [1.54, 1.807) is 53.7 Å². The summed E-state index contributed by atoms with van der Waals surface area (Å²) in [5.74, 6) is 0. The third-order valence-corrected chi connectivity index (χ3v) is 36.7. The van der Waals surface area contributed by atoms with Crippen LogP contribution in [0.3, 0.4) is 0 Å². The van der Waals surface area contributed by atoms with Gasteiger partial charge in [-0.3, -0.25) is 0 Å². The van der Waals surface area contributed by atoms with Gasteiger partial charge in [0, 0.05) is 173 Å². The normalized spacial score (nSPS) is 12.6. The van der Waals surface area contributed by atoms with Gasteiger partial charge in [-0.15, -0.1) is 238 Å². The van der Waals surface area contributed by atoms with E-state index in [0.717, 1.165) is 67.3 Å². The molecule has 0 aliphatic heterocycles. The summed E-state index contributed by atoms with van der Waals surface area (Å²) >= 11 is 7.44. The van der Waals surface area contributed by atoms with Crippen LogP contribution in [0.15, 0.2) is 389 Å². The Balaban J connectivity index is 0.000000151. The van der Waals surface area contributed by atoms with Gasteiger partial charge in [0.1, 0.15) is 0 Å². The molecule has 4 radical (unpaired) electrons. The number of hydrogen-bond acceptors (Lipinski definition) is 12. The number of pyridine rings is 8. The smallest absolute Gasteiger partial charge is 0.0783 e. The van der Waals surface area contributed by atoms with Crippen molar-refractivity contribution in [1.29, 1.82) is 0 Å². The standard InChI is InChI=1S/4C20H18NSSi.4C12H10N.4Ir/c1-23(2,3)18-12-7-11-17-19(18)15-9-6-8-14(20(15)22-17)16-10-4-5-13-21-16;1-23(2,3)14-10-11-15-16-7-6-8-17(18-9-4-5-12-21-18)20(16)22-19(15)13-14;1-23(2,3)14-10-11-19-17(13-14)15-7-6-8-16(20(15)22-19)18-9-4-5-12-21-18;1-23(2,3)18-12-11-14(16-9-6-7-13-21-16)20-19(18)15-8-4-5-10-17(15)22-20;4*1-10-7-8-13-12(9-10)11-5-3-2-4-6-11;;;;/h3*4-7,9-13H,1-3H3;4-10,12-13H,1-3H3;4*2-5,7-9H,1H3;;;;/q8*-1;;;;/i;;;;4*1D3;;;;. The van der Waals surface area contributed by atoms with E-state index in [1.807, 2.05) is 210 Å². The molecule has 0 N–H and O–H groups in total. The molecule has 148 heavy (non-hydrogen) atoms. The molecule has 0 aliphatic carbocycles. The summed E-state index contributed by atoms with van der Waals surface area (Å²) < 4.78 is 98.6. The van der Waals surface area contributed by atoms with Crippen LogP contribution in [0.5, 0.6) is 0 Å². The zero-order valence-corrected chi connectivity index (χ0v) is 100. The van der Waals surface area contributed by atoms with Crippen molar-refractivity contribution < 1.29 is 96.9 Å². The van der Waals surface area contributed by atoms with E-state index >= 15 is 0 Å². The molecule has 0 saturated heterocycles. The zero-order valence-electron chi connectivity index (χ0n) is 95.5. The van der Waals surface area contributed by atoms with E-state index in [4.69, 9.17) is 16.4 Å². The fourth-order valence-electron chi connectivity index (χ4n) is 16.5. The summed E-state index contributed by atoms with van der Waals surface area (Å²) in [6, 6.07) is 136. The number of hydrogen-bond donors (Lipinski definition) is 0. The summed E-state index contributed by atoms with van der Waals surface area (Å²) in [5, 5.41) is 17.0. The molecule has 24 aromatic rings. The fraction of sp³-hybridized carbons (Fsp3) is 0.125. The zero-order chi connectivity index (χ0) is 110. The Morgan fingerprint density at radius 2 is 0.554 bits per heavy atom. The van der Waals surface area contributed by atoms with Crippen molar-refractivity contribution in [2.24, 2.45) is 0 Å². The first-order valence-corrected chi connectivity index (χ1v) is 64.6. The van der Waals surface area contributed by atoms with Crippen LogP contribution in [-0.4, -0.2) is 72.2 Å². The van der Waals surface area contributed by atoms with Gasteiger partial charge in [-0.05, 0) is 186 Å². The van der Waals surface area contributed by atoms with Crippen molar-refractivity contribution in [3.05, 3.63) is 460 Å². The second-order valence-electron chi connectivity index (χ2n) is 38.3. The molecular formula is C128H112Ir4N8S4Si4-8. The van der Waals surface area contributed by atoms with Crippen molar-refractivity contribution in [1.82, 2.24) is 39.9 Å². The van der Waals surface area contributed by atoms with Crippen LogP contribution in [0, 0.1) is 75.9 Å². The number of rotatable bonds is 12. The minimum atomic E-state index is -2.09. The van der Waals surface area contributed by atoms with E-state index in [1.165, 1.54) is 145 Å². The number of thiophene rings is 4. The van der Waals surface area contributed by atoms with Gasteiger partial charge in [0.15, 0.2) is 0 Å². The number of aryl methyl sites for hydroxylation is 4. The molecule has 0 unspecified atom stereocenters. The maximum Gasteiger partial charge on any atom is 0.0783 e. The predicted molar refractivity (Wildman–Crippen MR) is 630 cm³/mol. The Morgan fingerprint density at radius 1 is 0.216 bits per heavy atom. The second kappa shape index (κ2) is 52.1. The molecule has 12 heterocycles. The molecule has 24 rings (SSSR count). The maximum absolute atomic E-state index is 7.33. The Labute approximate surface area is 962 Å². The number of benzene rings is 12. The SMILES string of the molecule is C[Si](C)(C)c1c[c-]c(-c2ccccn2)c2sc3ccccc3c12.C[Si](C)(C)c1ccc2c(c1)sc1c(-c3ccccn3)[c-]ccc12.C[Si](C)(C)c1ccc2sc3c(-c4ccccn4)[c-]ccc3c2c1.C[Si](C)(C)c1cccc2sc3c(-c4ccccn4)[c-]ccc3c12.[2H]C([2H])([2H])c1ccnc(-c2[c-]cccc2)c1.[2H]C([2H])([2H])c1ccnc(-c2[c-]cccc2)c1.[2H]C([2H])([2H])c1ccnc(-c2[c-]cccc2)c1.[2H]C([2H])([2H])c1ccnc(-c2[c-]cccc2)c1.[Ir].[Ir].[Ir].[Ir]. The van der Waals surface area contributed by atoms with E-state index in [2.05, 4.69) is 294 Å². The largest absolute Gasteiger partial charge is 0.305 e. The van der Waals surface area contributed by atoms with Crippen molar-refractivity contribution in [3.63, 3.8) is 0 Å². The summed E-state index contributed by atoms with van der Waals surface area (Å²) in [4.78, 5) is 34.7. The molecule has 0 bridgehead atoms. The molecule has 0 fully saturated rings. The summed E-state index contributed by atoms with van der Waals surface area (Å²) in [5.41, 5.74) is 15.4. The monoisotopic (exact) mass is 2780 g/mol. The van der Waals surface area contributed by atoms with Crippen LogP contribution in [0.4, 0.5) is 0 Å². The average molecular weight is 2780 g/mol. The molecule has 0 atom stereocenters. The molecule has 12 aromatic carbocycles. The quantitative estimate of drug-likeness (QED) is 0.0880. The van der Waals surface area contributed by atoms with Crippen LogP contribution in [0.2, 0.25) is 78.6 Å². The van der Waals surface area contributed by atoms with Crippen LogP contribution < -0.4 is 20.7 Å². The molecule has 0 aliphatic rings. The molecular weight excluding hydrogens is 2660 g/mol. The van der Waals surface area contributed by atoms with Crippen molar-refractivity contribution in [3.8, 4) is 90.1 Å². The van der Waals surface area contributed by atoms with Crippen LogP contribution in [-0.2, 0) is 80.4 Å². The Kier molecular flexibility index (Phi) is 34.1. The molecule has 748 valence electrons. The van der Waals surface area contributed by atoms with E-state index in [-0.39, 0.29) is 80.4 Å². The first-order valence-electron chi connectivity index (χ1n) is 53.4. The van der Waals surface area contributed by atoms with Crippen LogP contribution >= 0.6 is 45.3 Å². The van der Waals surface area contributed by atoms with Gasteiger partial charge >= 0.3 is 0 Å². The number of fused-ring (bicyclic) bond motifs is 12. The van der Waals surface area contributed by atoms with Gasteiger partial charge in [0.25, 0.3) is 0 Å². The first kappa shape index (κ1) is 97.0. The van der Waals surface area contributed by atoms with Gasteiger partial charge in [0.2, 0.25) is 0 Å². The molecule has 0 amide bonds. The maximum atomic E-state index is 7.33. The van der Waals surface area contributed by atoms with Crippen molar-refractivity contribution >= 4 is 179 Å². The number of nitrogens with zero attached hydrogens (tertiary/aromatic N) is 8. The Bertz CT molecular complexity index is 8580. The van der Waals surface area contributed by atoms with E-state index in [0.29, 0.717) is 45.0 Å². The minimum Gasteiger partial charge on any atom is -0.305 e. The van der Waals surface area contributed by atoms with Crippen LogP contribution in [0.1, 0.15) is 38.7 Å². The average Bonchev–Trinajstić information content (AvgIpc) is 1.59. The third-order valence-electron chi connectivity index (χ3n) is 23.8.